The van der Waals surface area contributed by atoms with Gasteiger partial charge in [0.25, 0.3) is 5.56 Å². The van der Waals surface area contributed by atoms with Crippen molar-refractivity contribution in [1.82, 2.24) is 4.57 Å². The van der Waals surface area contributed by atoms with Crippen LogP contribution in [0.4, 0.5) is 0 Å². The Bertz CT molecular complexity index is 686. The zero-order valence-electron chi connectivity index (χ0n) is 13.1. The SMILES string of the molecule is CCCCn1c(-c2ccc(C)cc2C)ccc(CN)c1=O. The van der Waals surface area contributed by atoms with E-state index in [1.165, 1.54) is 11.1 Å². The molecule has 1 aromatic carbocycles. The van der Waals surface area contributed by atoms with E-state index in [1.54, 1.807) is 0 Å². The highest BCUT2D eigenvalue weighted by molar-refractivity contribution is 5.64. The molecule has 1 heterocycles. The van der Waals surface area contributed by atoms with E-state index in [0.29, 0.717) is 5.56 Å². The lowest BCUT2D eigenvalue weighted by atomic mass is 10.0. The van der Waals surface area contributed by atoms with E-state index in [0.717, 1.165) is 30.6 Å². The van der Waals surface area contributed by atoms with Crippen molar-refractivity contribution in [3.05, 3.63) is 57.4 Å². The van der Waals surface area contributed by atoms with Crippen LogP contribution in [0.3, 0.4) is 0 Å². The minimum absolute atomic E-state index is 0.0448. The Labute approximate surface area is 126 Å². The highest BCUT2D eigenvalue weighted by atomic mass is 16.1. The van der Waals surface area contributed by atoms with E-state index in [1.807, 2.05) is 16.7 Å². The lowest BCUT2D eigenvalue weighted by Gasteiger charge is -2.16. The van der Waals surface area contributed by atoms with E-state index in [4.69, 9.17) is 5.73 Å². The Morgan fingerprint density at radius 2 is 1.90 bits per heavy atom. The lowest BCUT2D eigenvalue weighted by molar-refractivity contribution is 0.613. The average Bonchev–Trinajstić information content (AvgIpc) is 2.46. The fourth-order valence-electron chi connectivity index (χ4n) is 2.65. The number of hydrogen-bond acceptors (Lipinski definition) is 2. The highest BCUT2D eigenvalue weighted by Gasteiger charge is 2.11. The predicted octanol–water partition coefficient (Wildman–Crippen LogP) is 3.39. The first-order valence-corrected chi connectivity index (χ1v) is 7.59. The van der Waals surface area contributed by atoms with E-state index in [2.05, 4.69) is 39.0 Å². The number of aryl methyl sites for hydroxylation is 2. The van der Waals surface area contributed by atoms with Gasteiger partial charge in [-0.05, 0) is 31.9 Å². The molecule has 0 saturated heterocycles. The summed E-state index contributed by atoms with van der Waals surface area (Å²) in [7, 11) is 0. The van der Waals surface area contributed by atoms with Crippen molar-refractivity contribution in [1.29, 1.82) is 0 Å². The summed E-state index contributed by atoms with van der Waals surface area (Å²) < 4.78 is 1.88. The smallest absolute Gasteiger partial charge is 0.255 e. The molecule has 112 valence electrons. The molecular weight excluding hydrogens is 260 g/mol. The van der Waals surface area contributed by atoms with Crippen molar-refractivity contribution >= 4 is 0 Å². The van der Waals surface area contributed by atoms with Crippen LogP contribution in [-0.4, -0.2) is 4.57 Å². The molecule has 21 heavy (non-hydrogen) atoms. The molecule has 3 heteroatoms. The van der Waals surface area contributed by atoms with Crippen LogP contribution in [0.15, 0.2) is 35.1 Å². The van der Waals surface area contributed by atoms with Gasteiger partial charge in [-0.3, -0.25) is 4.79 Å². The molecule has 0 radical (unpaired) electrons. The third kappa shape index (κ3) is 3.24. The predicted molar refractivity (Wildman–Crippen MR) is 88.4 cm³/mol. The van der Waals surface area contributed by atoms with Crippen LogP contribution in [-0.2, 0) is 13.1 Å². The molecule has 0 bridgehead atoms. The van der Waals surface area contributed by atoms with E-state index in [-0.39, 0.29) is 12.1 Å². The number of nitrogens with two attached hydrogens (primary N) is 1. The van der Waals surface area contributed by atoms with E-state index < -0.39 is 0 Å². The molecule has 3 nitrogen and oxygen atoms in total. The second-order valence-corrected chi connectivity index (χ2v) is 5.58. The van der Waals surface area contributed by atoms with E-state index >= 15 is 0 Å². The monoisotopic (exact) mass is 284 g/mol. The number of pyridine rings is 1. The first-order valence-electron chi connectivity index (χ1n) is 7.59. The molecule has 0 aliphatic heterocycles. The Hall–Kier alpha value is -1.87. The number of unbranched alkanes of at least 4 members (excludes halogenated alkanes) is 1. The summed E-state index contributed by atoms with van der Waals surface area (Å²) in [6, 6.07) is 10.2. The van der Waals surface area contributed by atoms with Crippen molar-refractivity contribution in [3.63, 3.8) is 0 Å². The molecule has 0 atom stereocenters. The number of aromatic nitrogens is 1. The Balaban J connectivity index is 2.61. The number of nitrogens with zero attached hydrogens (tertiary/aromatic N) is 1. The van der Waals surface area contributed by atoms with Gasteiger partial charge in [-0.2, -0.15) is 0 Å². The molecule has 1 aromatic heterocycles. The van der Waals surface area contributed by atoms with Gasteiger partial charge in [-0.15, -0.1) is 0 Å². The van der Waals surface area contributed by atoms with Gasteiger partial charge in [0.05, 0.1) is 5.69 Å². The Morgan fingerprint density at radius 1 is 1.14 bits per heavy atom. The molecule has 0 aliphatic rings. The second-order valence-electron chi connectivity index (χ2n) is 5.58. The minimum atomic E-state index is 0.0448. The fourth-order valence-corrected chi connectivity index (χ4v) is 2.65. The van der Waals surface area contributed by atoms with Crippen LogP contribution >= 0.6 is 0 Å². The third-order valence-corrected chi connectivity index (χ3v) is 3.87. The van der Waals surface area contributed by atoms with Crippen molar-refractivity contribution < 1.29 is 0 Å². The first kappa shape index (κ1) is 15.5. The van der Waals surface area contributed by atoms with Gasteiger partial charge in [0.2, 0.25) is 0 Å². The molecule has 0 aliphatic carbocycles. The molecule has 2 aromatic rings. The number of hydrogen-bond donors (Lipinski definition) is 1. The van der Waals surface area contributed by atoms with Crippen LogP contribution in [0, 0.1) is 13.8 Å². The summed E-state index contributed by atoms with van der Waals surface area (Å²) in [6.45, 7) is 7.34. The van der Waals surface area contributed by atoms with Gasteiger partial charge in [0, 0.05) is 24.2 Å². The van der Waals surface area contributed by atoms with Crippen molar-refractivity contribution in [2.24, 2.45) is 5.73 Å². The molecule has 2 rings (SSSR count). The maximum absolute atomic E-state index is 12.6. The standard InChI is InChI=1S/C18H24N2O/c1-4-5-10-20-17(9-7-15(12-19)18(20)21)16-8-6-13(2)11-14(16)3/h6-9,11H,4-5,10,12,19H2,1-3H3. The molecule has 0 amide bonds. The maximum Gasteiger partial charge on any atom is 0.255 e. The molecule has 0 saturated carbocycles. The van der Waals surface area contributed by atoms with Gasteiger partial charge in [-0.25, -0.2) is 0 Å². The Morgan fingerprint density at radius 3 is 2.52 bits per heavy atom. The summed E-state index contributed by atoms with van der Waals surface area (Å²) in [5, 5.41) is 0. The fraction of sp³-hybridized carbons (Fsp3) is 0.389. The summed E-state index contributed by atoms with van der Waals surface area (Å²) in [5.74, 6) is 0. The topological polar surface area (TPSA) is 48.0 Å². The van der Waals surface area contributed by atoms with Gasteiger partial charge in [0.1, 0.15) is 0 Å². The van der Waals surface area contributed by atoms with Gasteiger partial charge in [0.15, 0.2) is 0 Å². The van der Waals surface area contributed by atoms with Crippen LogP contribution in [0.25, 0.3) is 11.3 Å². The third-order valence-electron chi connectivity index (χ3n) is 3.87. The lowest BCUT2D eigenvalue weighted by Crippen LogP contribution is -2.26. The quantitative estimate of drug-likeness (QED) is 0.915. The van der Waals surface area contributed by atoms with Gasteiger partial charge in [-0.1, -0.05) is 43.2 Å². The molecule has 2 N–H and O–H groups in total. The van der Waals surface area contributed by atoms with E-state index in [9.17, 15) is 4.79 Å². The minimum Gasteiger partial charge on any atom is -0.326 e. The van der Waals surface area contributed by atoms with Crippen molar-refractivity contribution in [3.8, 4) is 11.3 Å². The Kier molecular flexibility index (Phi) is 4.97. The van der Waals surface area contributed by atoms with Gasteiger partial charge < -0.3 is 10.3 Å². The average molecular weight is 284 g/mol. The first-order chi connectivity index (χ1) is 10.1. The highest BCUT2D eigenvalue weighted by Crippen LogP contribution is 2.24. The zero-order chi connectivity index (χ0) is 15.4. The zero-order valence-corrected chi connectivity index (χ0v) is 13.1. The normalized spacial score (nSPS) is 10.9. The van der Waals surface area contributed by atoms with Gasteiger partial charge >= 0.3 is 0 Å². The van der Waals surface area contributed by atoms with Crippen LogP contribution in [0.2, 0.25) is 0 Å². The largest absolute Gasteiger partial charge is 0.326 e. The van der Waals surface area contributed by atoms with Crippen molar-refractivity contribution in [2.75, 3.05) is 0 Å². The maximum atomic E-state index is 12.6. The van der Waals surface area contributed by atoms with Crippen molar-refractivity contribution in [2.45, 2.75) is 46.7 Å². The number of rotatable bonds is 5. The number of benzene rings is 1. The van der Waals surface area contributed by atoms with Crippen LogP contribution in [0.1, 0.15) is 36.5 Å². The second kappa shape index (κ2) is 6.72. The summed E-state index contributed by atoms with van der Waals surface area (Å²) in [6.07, 6.45) is 2.05. The molecular formula is C18H24N2O. The summed E-state index contributed by atoms with van der Waals surface area (Å²) >= 11 is 0. The summed E-state index contributed by atoms with van der Waals surface area (Å²) in [5.41, 5.74) is 10.9. The molecule has 0 spiro atoms. The molecule has 0 unspecified atom stereocenters. The van der Waals surface area contributed by atoms with Crippen LogP contribution < -0.4 is 11.3 Å². The van der Waals surface area contributed by atoms with Crippen LogP contribution in [0.5, 0.6) is 0 Å². The summed E-state index contributed by atoms with van der Waals surface area (Å²) in [4.78, 5) is 12.6. The molecule has 0 fully saturated rings.